The van der Waals surface area contributed by atoms with Crippen LogP contribution in [0.15, 0.2) is 51.7 Å². The Kier molecular flexibility index (Phi) is 7.97. The van der Waals surface area contributed by atoms with E-state index < -0.39 is 45.4 Å². The summed E-state index contributed by atoms with van der Waals surface area (Å²) in [4.78, 5) is 24.2. The van der Waals surface area contributed by atoms with E-state index in [1.54, 1.807) is 6.07 Å². The van der Waals surface area contributed by atoms with E-state index in [9.17, 15) is 36.6 Å². The maximum atomic E-state index is 13.4. The highest BCUT2D eigenvalue weighted by atomic mass is 35.5. The van der Waals surface area contributed by atoms with Gasteiger partial charge in [-0.25, -0.2) is 0 Å². The molecule has 5 rings (SSSR count). The van der Waals surface area contributed by atoms with E-state index >= 15 is 0 Å². The molecule has 2 aliphatic rings. The van der Waals surface area contributed by atoms with Crippen molar-refractivity contribution in [3.63, 3.8) is 0 Å². The average molecular weight is 599 g/mol. The van der Waals surface area contributed by atoms with Gasteiger partial charge in [-0.1, -0.05) is 28.7 Å². The lowest BCUT2D eigenvalue weighted by Crippen LogP contribution is -2.55. The van der Waals surface area contributed by atoms with Crippen molar-refractivity contribution >= 4 is 39.6 Å². The normalized spacial score (nSPS) is 24.9. The summed E-state index contributed by atoms with van der Waals surface area (Å²) >= 11 is 3.93. The third-order valence-electron chi connectivity index (χ3n) is 7.54. The number of rotatable bonds is 10. The van der Waals surface area contributed by atoms with E-state index in [4.69, 9.17) is 20.8 Å². The molecule has 1 aromatic heterocycles. The number of halogens is 4. The van der Waals surface area contributed by atoms with Gasteiger partial charge in [-0.2, -0.15) is 13.2 Å². The third kappa shape index (κ3) is 5.76. The predicted molar refractivity (Wildman–Crippen MR) is 140 cm³/mol. The van der Waals surface area contributed by atoms with Crippen LogP contribution in [0.2, 0.25) is 5.02 Å². The van der Waals surface area contributed by atoms with Crippen LogP contribution in [0.5, 0.6) is 5.75 Å². The van der Waals surface area contributed by atoms with Gasteiger partial charge in [0.25, 0.3) is 0 Å². The molecule has 2 N–H and O–H groups in total. The lowest BCUT2D eigenvalue weighted by Gasteiger charge is -2.43. The molecule has 2 saturated carbocycles. The molecule has 6 atom stereocenters. The van der Waals surface area contributed by atoms with Crippen LogP contribution in [0.25, 0.3) is 22.3 Å². The summed E-state index contributed by atoms with van der Waals surface area (Å²) in [6.07, 6.45) is -3.44. The summed E-state index contributed by atoms with van der Waals surface area (Å²) in [5, 5.41) is 12.6. The topological polar surface area (TPSA) is 129 Å². The first kappa shape index (κ1) is 28.6. The number of benzene rings is 2. The fraction of sp³-hybridized carbons (Fsp3) is 0.407. The Morgan fingerprint density at radius 2 is 2.00 bits per heavy atom. The molecule has 13 heteroatoms. The van der Waals surface area contributed by atoms with Gasteiger partial charge >= 0.3 is 12.1 Å². The molecule has 2 fully saturated rings. The second kappa shape index (κ2) is 11.2. The molecule has 0 radical (unpaired) electrons. The van der Waals surface area contributed by atoms with Crippen LogP contribution in [-0.4, -0.2) is 44.3 Å². The van der Waals surface area contributed by atoms with Crippen LogP contribution < -0.4 is 15.5 Å². The molecule has 2 aliphatic carbocycles. The Labute approximate surface area is 233 Å². The number of para-hydroxylation sites is 1. The quantitative estimate of drug-likeness (QED) is 0.250. The van der Waals surface area contributed by atoms with Crippen LogP contribution in [0.3, 0.4) is 0 Å². The average Bonchev–Trinajstić information content (AvgIpc) is 3.65. The molecule has 0 amide bonds. The van der Waals surface area contributed by atoms with Crippen LogP contribution >= 0.6 is 11.6 Å². The van der Waals surface area contributed by atoms with Gasteiger partial charge in [0.1, 0.15) is 11.5 Å². The van der Waals surface area contributed by atoms with E-state index in [1.165, 1.54) is 24.3 Å². The van der Waals surface area contributed by atoms with E-state index in [1.807, 2.05) is 0 Å². The fourth-order valence-electron chi connectivity index (χ4n) is 5.41. The first-order valence-electron chi connectivity index (χ1n) is 12.6. The van der Waals surface area contributed by atoms with Gasteiger partial charge in [-0.3, -0.25) is 13.8 Å². The molecule has 0 bridgehead atoms. The Morgan fingerprint density at radius 3 is 2.67 bits per heavy atom. The first-order valence-corrected chi connectivity index (χ1v) is 14.1. The SMILES string of the molecule is O=C(O)C1CC(NCCCOc2cc(C(F)(F)F)ccc2-c2cc(=O)c3cccc(Cl)c3o2)C1C1CC1S(=O)[O-]. The van der Waals surface area contributed by atoms with E-state index in [0.29, 0.717) is 25.8 Å². The Balaban J connectivity index is 1.28. The summed E-state index contributed by atoms with van der Waals surface area (Å²) in [6, 6.07) is 8.54. The number of nitrogens with one attached hydrogen (secondary N) is 1. The molecule has 214 valence electrons. The molecular weight excluding hydrogens is 575 g/mol. The summed E-state index contributed by atoms with van der Waals surface area (Å²) in [7, 11) is 0. The number of alkyl halides is 3. The number of hydrogen-bond acceptors (Lipinski definition) is 7. The highest BCUT2D eigenvalue weighted by Crippen LogP contribution is 2.52. The molecule has 6 unspecified atom stereocenters. The van der Waals surface area contributed by atoms with Crippen LogP contribution in [-0.2, 0) is 22.1 Å². The Bertz CT molecular complexity index is 1530. The van der Waals surface area contributed by atoms with Crippen LogP contribution in [0.4, 0.5) is 13.2 Å². The van der Waals surface area contributed by atoms with Crippen molar-refractivity contribution in [2.24, 2.45) is 17.8 Å². The summed E-state index contributed by atoms with van der Waals surface area (Å²) < 4.78 is 74.4. The lowest BCUT2D eigenvalue weighted by molar-refractivity contribution is -0.150. The smallest absolute Gasteiger partial charge is 0.416 e. The van der Waals surface area contributed by atoms with Crippen molar-refractivity contribution in [1.82, 2.24) is 5.32 Å². The number of hydrogen-bond donors (Lipinski definition) is 2. The number of carbonyl (C=O) groups is 1. The standard InChI is InChI=1S/C27H25ClF3NO7S/c28-18-4-1-3-14-20(33)12-22(39-25(14)18)15-6-5-13(27(29,30)31)9-21(15)38-8-2-7-32-19-10-17(26(34)35)24(19)16-11-23(16)40(36)37/h1,3-6,9,12,16-17,19,23-24,32H,2,7-8,10-11H2,(H,34,35)(H,36,37)/p-1. The number of ether oxygens (including phenoxy) is 1. The molecule has 8 nitrogen and oxygen atoms in total. The second-order valence-electron chi connectivity index (χ2n) is 10.0. The van der Waals surface area contributed by atoms with Crippen LogP contribution in [0.1, 0.15) is 24.8 Å². The largest absolute Gasteiger partial charge is 0.772 e. The van der Waals surface area contributed by atoms with Crippen molar-refractivity contribution in [2.45, 2.75) is 36.7 Å². The van der Waals surface area contributed by atoms with Gasteiger partial charge in [0.15, 0.2) is 11.0 Å². The van der Waals surface area contributed by atoms with Gasteiger partial charge in [0, 0.05) is 17.4 Å². The molecule has 3 aromatic rings. The minimum atomic E-state index is -4.62. The van der Waals surface area contributed by atoms with Gasteiger partial charge in [-0.05, 0) is 68.0 Å². The Morgan fingerprint density at radius 1 is 1.23 bits per heavy atom. The zero-order valence-corrected chi connectivity index (χ0v) is 22.4. The molecule has 40 heavy (non-hydrogen) atoms. The number of fused-ring (bicyclic) bond motifs is 1. The van der Waals surface area contributed by atoms with E-state index in [0.717, 1.165) is 12.1 Å². The monoisotopic (exact) mass is 598 g/mol. The molecule has 2 aromatic carbocycles. The molecule has 0 spiro atoms. The molecule has 1 heterocycles. The summed E-state index contributed by atoms with van der Waals surface area (Å²) in [5.41, 5.74) is -1.09. The van der Waals surface area contributed by atoms with Gasteiger partial charge in [0.05, 0.1) is 34.1 Å². The van der Waals surface area contributed by atoms with Gasteiger partial charge in [-0.15, -0.1) is 0 Å². The van der Waals surface area contributed by atoms with Crippen molar-refractivity contribution < 1.29 is 41.0 Å². The summed E-state index contributed by atoms with van der Waals surface area (Å²) in [5.74, 6) is -2.17. The van der Waals surface area contributed by atoms with Crippen molar-refractivity contribution in [1.29, 1.82) is 0 Å². The Hall–Kier alpha value is -2.93. The highest BCUT2D eigenvalue weighted by Gasteiger charge is 2.56. The van der Waals surface area contributed by atoms with Crippen LogP contribution in [0, 0.1) is 17.8 Å². The number of carboxylic acid groups (broad SMARTS) is 1. The van der Waals surface area contributed by atoms with Gasteiger partial charge < -0.3 is 24.1 Å². The minimum Gasteiger partial charge on any atom is -0.772 e. The fourth-order valence-corrected chi connectivity index (χ4v) is 6.47. The number of carboxylic acids is 1. The van der Waals surface area contributed by atoms with E-state index in [2.05, 4.69) is 5.32 Å². The second-order valence-corrected chi connectivity index (χ2v) is 11.6. The van der Waals surface area contributed by atoms with Crippen molar-refractivity contribution in [3.8, 4) is 17.1 Å². The molecule has 0 saturated heterocycles. The molecular formula is C27H24ClF3NO7S-. The zero-order valence-electron chi connectivity index (χ0n) is 20.8. The third-order valence-corrected chi connectivity index (χ3v) is 8.88. The highest BCUT2D eigenvalue weighted by molar-refractivity contribution is 7.80. The maximum Gasteiger partial charge on any atom is 0.416 e. The minimum absolute atomic E-state index is 0.000722. The molecule has 0 aliphatic heterocycles. The van der Waals surface area contributed by atoms with Crippen molar-refractivity contribution in [2.75, 3.05) is 13.2 Å². The summed E-state index contributed by atoms with van der Waals surface area (Å²) in [6.45, 7) is 0.385. The van der Waals surface area contributed by atoms with Gasteiger partial charge in [0.2, 0.25) is 0 Å². The lowest BCUT2D eigenvalue weighted by atomic mass is 9.66. The predicted octanol–water partition coefficient (Wildman–Crippen LogP) is 4.85. The first-order chi connectivity index (χ1) is 19.0. The maximum absolute atomic E-state index is 13.4. The number of aliphatic carboxylic acids is 1. The zero-order chi connectivity index (χ0) is 28.8. The van der Waals surface area contributed by atoms with E-state index in [-0.39, 0.29) is 57.5 Å². The van der Waals surface area contributed by atoms with Crippen molar-refractivity contribution in [3.05, 3.63) is 63.3 Å².